The molecule has 1 aromatic rings. The number of fused-ring (bicyclic) bond motifs is 3. The molecule has 1 amide bonds. The van der Waals surface area contributed by atoms with Crippen LogP contribution in [0.1, 0.15) is 30.4 Å². The maximum Gasteiger partial charge on any atom is 0.262 e. The maximum atomic E-state index is 12.9. The highest BCUT2D eigenvalue weighted by atomic mass is 79.9. The molecule has 1 aromatic carbocycles. The zero-order valence-corrected chi connectivity index (χ0v) is 12.9. The Balaban J connectivity index is 2.01. The predicted octanol–water partition coefficient (Wildman–Crippen LogP) is 2.16. The molecule has 20 heavy (non-hydrogen) atoms. The molecular formula is C15H16BrN3O. The molecule has 2 N–H and O–H groups in total. The average molecular weight is 334 g/mol. The minimum absolute atomic E-state index is 0.0338. The van der Waals surface area contributed by atoms with Gasteiger partial charge in [0.2, 0.25) is 0 Å². The Morgan fingerprint density at radius 1 is 1.40 bits per heavy atom. The van der Waals surface area contributed by atoms with E-state index in [9.17, 15) is 4.79 Å². The van der Waals surface area contributed by atoms with Crippen LogP contribution in [-0.2, 0) is 16.8 Å². The van der Waals surface area contributed by atoms with E-state index in [1.807, 2.05) is 6.07 Å². The molecular weight excluding hydrogens is 318 g/mol. The van der Waals surface area contributed by atoms with Crippen molar-refractivity contribution in [2.24, 2.45) is 16.1 Å². The monoisotopic (exact) mass is 333 g/mol. The van der Waals surface area contributed by atoms with Gasteiger partial charge in [-0.2, -0.15) is 0 Å². The van der Waals surface area contributed by atoms with E-state index in [0.717, 1.165) is 29.3 Å². The van der Waals surface area contributed by atoms with Crippen molar-refractivity contribution in [3.8, 4) is 0 Å². The van der Waals surface area contributed by atoms with E-state index in [4.69, 9.17) is 5.73 Å². The first kappa shape index (κ1) is 12.4. The van der Waals surface area contributed by atoms with Gasteiger partial charge < -0.3 is 5.73 Å². The Labute approximate surface area is 126 Å². The van der Waals surface area contributed by atoms with Crippen LogP contribution in [0.3, 0.4) is 0 Å². The zero-order valence-electron chi connectivity index (χ0n) is 11.3. The molecule has 3 aliphatic rings. The highest BCUT2D eigenvalue weighted by Gasteiger charge is 2.67. The molecule has 1 fully saturated rings. The number of carbonyl (C=O) groups is 1. The van der Waals surface area contributed by atoms with Gasteiger partial charge in [0.15, 0.2) is 11.5 Å². The molecule has 1 heterocycles. The van der Waals surface area contributed by atoms with Crippen molar-refractivity contribution < 1.29 is 4.79 Å². The number of aliphatic imine (C=N–C) groups is 1. The molecule has 0 radical (unpaired) electrons. The Hall–Kier alpha value is -1.36. The summed E-state index contributed by atoms with van der Waals surface area (Å²) in [6.07, 6.45) is 4.21. The molecule has 2 aliphatic carbocycles. The van der Waals surface area contributed by atoms with Crippen molar-refractivity contribution in [2.75, 3.05) is 7.05 Å². The fourth-order valence-corrected chi connectivity index (χ4v) is 4.48. The summed E-state index contributed by atoms with van der Waals surface area (Å²) in [7, 11) is 1.72. The quantitative estimate of drug-likeness (QED) is 0.790. The topological polar surface area (TPSA) is 58.7 Å². The summed E-state index contributed by atoms with van der Waals surface area (Å²) in [5.74, 6) is 0.376. The normalized spacial score (nSPS) is 29.8. The van der Waals surface area contributed by atoms with E-state index in [1.54, 1.807) is 7.05 Å². The molecule has 5 heteroatoms. The number of carbonyl (C=O) groups excluding carboxylic acids is 1. The molecule has 1 unspecified atom stereocenters. The van der Waals surface area contributed by atoms with Gasteiger partial charge in [0.1, 0.15) is 0 Å². The molecule has 1 aliphatic heterocycles. The van der Waals surface area contributed by atoms with Crippen LogP contribution in [0.5, 0.6) is 0 Å². The lowest BCUT2D eigenvalue weighted by Gasteiger charge is -2.47. The van der Waals surface area contributed by atoms with Crippen LogP contribution < -0.4 is 5.73 Å². The summed E-state index contributed by atoms with van der Waals surface area (Å²) < 4.78 is 0.989. The van der Waals surface area contributed by atoms with Gasteiger partial charge in [-0.25, -0.2) is 4.99 Å². The zero-order chi connectivity index (χ0) is 14.1. The van der Waals surface area contributed by atoms with Gasteiger partial charge in [-0.05, 0) is 42.5 Å². The number of hydrogen-bond acceptors (Lipinski definition) is 3. The molecule has 0 bridgehead atoms. The number of halogens is 1. The second kappa shape index (κ2) is 3.64. The smallest absolute Gasteiger partial charge is 0.262 e. The van der Waals surface area contributed by atoms with Crippen molar-refractivity contribution in [3.63, 3.8) is 0 Å². The minimum atomic E-state index is -0.775. The highest BCUT2D eigenvalue weighted by Crippen LogP contribution is 2.64. The van der Waals surface area contributed by atoms with Crippen LogP contribution >= 0.6 is 15.9 Å². The third kappa shape index (κ3) is 1.18. The van der Waals surface area contributed by atoms with Crippen molar-refractivity contribution in [1.82, 2.24) is 4.90 Å². The lowest BCUT2D eigenvalue weighted by molar-refractivity contribution is -0.138. The second-order valence-electron chi connectivity index (χ2n) is 6.16. The number of likely N-dealkylation sites (N-methyl/N-ethyl adjacent to an activating group) is 1. The standard InChI is InChI=1S/C15H16BrN3O/c1-19-12(20)15(18-13(19)17)11-7-10(16)4-3-9(11)8-14(15)5-2-6-14/h3-4,7H,2,5-6,8H2,1H3,(H2,17,18). The van der Waals surface area contributed by atoms with Crippen molar-refractivity contribution >= 4 is 27.8 Å². The number of amides is 1. The molecule has 1 saturated carbocycles. The summed E-state index contributed by atoms with van der Waals surface area (Å²) in [6.45, 7) is 0. The van der Waals surface area contributed by atoms with E-state index >= 15 is 0 Å². The number of guanidine groups is 1. The Morgan fingerprint density at radius 3 is 2.70 bits per heavy atom. The largest absolute Gasteiger partial charge is 0.369 e. The van der Waals surface area contributed by atoms with Gasteiger partial charge in [0.05, 0.1) is 0 Å². The predicted molar refractivity (Wildman–Crippen MR) is 80.2 cm³/mol. The number of benzene rings is 1. The lowest BCUT2D eigenvalue weighted by atomic mass is 9.57. The van der Waals surface area contributed by atoms with Crippen molar-refractivity contribution in [3.05, 3.63) is 33.8 Å². The molecule has 2 spiro atoms. The fraction of sp³-hybridized carbons (Fsp3) is 0.467. The highest BCUT2D eigenvalue weighted by molar-refractivity contribution is 9.10. The number of rotatable bonds is 0. The summed E-state index contributed by atoms with van der Waals surface area (Å²) >= 11 is 3.52. The van der Waals surface area contributed by atoms with Gasteiger partial charge in [0, 0.05) is 16.9 Å². The Bertz CT molecular complexity index is 665. The Morgan fingerprint density at radius 2 is 2.15 bits per heavy atom. The van der Waals surface area contributed by atoms with Gasteiger partial charge in [-0.15, -0.1) is 0 Å². The molecule has 4 rings (SSSR count). The van der Waals surface area contributed by atoms with Crippen LogP contribution in [0.15, 0.2) is 27.7 Å². The first-order chi connectivity index (χ1) is 9.50. The van der Waals surface area contributed by atoms with Crippen LogP contribution in [0.25, 0.3) is 0 Å². The SMILES string of the molecule is CN1C(=O)C2(N=C1N)c1cc(Br)ccc1CC21CCC1. The minimum Gasteiger partial charge on any atom is -0.369 e. The number of nitrogens with two attached hydrogens (primary N) is 1. The summed E-state index contributed by atoms with van der Waals surface area (Å²) in [4.78, 5) is 19.1. The van der Waals surface area contributed by atoms with Crippen LogP contribution in [-0.4, -0.2) is 23.8 Å². The molecule has 0 saturated heterocycles. The van der Waals surface area contributed by atoms with E-state index in [2.05, 4.69) is 33.1 Å². The third-order valence-corrected chi connectivity index (χ3v) is 5.80. The second-order valence-corrected chi connectivity index (χ2v) is 7.07. The van der Waals surface area contributed by atoms with Gasteiger partial charge in [-0.3, -0.25) is 9.69 Å². The van der Waals surface area contributed by atoms with Crippen LogP contribution in [0.2, 0.25) is 0 Å². The van der Waals surface area contributed by atoms with E-state index < -0.39 is 5.54 Å². The summed E-state index contributed by atoms with van der Waals surface area (Å²) in [5.41, 5.74) is 7.42. The van der Waals surface area contributed by atoms with E-state index in [1.165, 1.54) is 16.9 Å². The fourth-order valence-electron chi connectivity index (χ4n) is 4.12. The van der Waals surface area contributed by atoms with Crippen LogP contribution in [0.4, 0.5) is 0 Å². The van der Waals surface area contributed by atoms with Crippen molar-refractivity contribution in [2.45, 2.75) is 31.2 Å². The summed E-state index contributed by atoms with van der Waals surface area (Å²) in [5, 5.41) is 0. The molecule has 0 aromatic heterocycles. The molecule has 104 valence electrons. The van der Waals surface area contributed by atoms with Gasteiger partial charge in [-0.1, -0.05) is 28.4 Å². The summed E-state index contributed by atoms with van der Waals surface area (Å²) in [6, 6.07) is 6.21. The maximum absolute atomic E-state index is 12.9. The lowest BCUT2D eigenvalue weighted by Crippen LogP contribution is -2.52. The van der Waals surface area contributed by atoms with E-state index in [-0.39, 0.29) is 11.3 Å². The first-order valence-corrected chi connectivity index (χ1v) is 7.72. The first-order valence-electron chi connectivity index (χ1n) is 6.93. The van der Waals surface area contributed by atoms with Gasteiger partial charge in [0.25, 0.3) is 5.91 Å². The average Bonchev–Trinajstić information content (AvgIpc) is 2.79. The Kier molecular flexibility index (Phi) is 2.25. The number of nitrogens with zero attached hydrogens (tertiary/aromatic N) is 2. The molecule has 1 atom stereocenters. The van der Waals surface area contributed by atoms with E-state index in [0.29, 0.717) is 5.96 Å². The van der Waals surface area contributed by atoms with Crippen molar-refractivity contribution in [1.29, 1.82) is 0 Å². The third-order valence-electron chi connectivity index (χ3n) is 5.31. The number of hydrogen-bond donors (Lipinski definition) is 1. The van der Waals surface area contributed by atoms with Gasteiger partial charge >= 0.3 is 0 Å². The molecule has 4 nitrogen and oxygen atoms in total. The van der Waals surface area contributed by atoms with Crippen LogP contribution in [0, 0.1) is 5.41 Å².